The third-order valence-corrected chi connectivity index (χ3v) is 2.35. The number of nitrogens with zero attached hydrogens (tertiary/aromatic N) is 1. The Morgan fingerprint density at radius 1 is 1.38 bits per heavy atom. The van der Waals surface area contributed by atoms with Crippen LogP contribution in [0.25, 0.3) is 0 Å². The quantitative estimate of drug-likeness (QED) is 0.489. The molecule has 0 fully saturated rings. The van der Waals surface area contributed by atoms with Gasteiger partial charge in [-0.15, -0.1) is 0 Å². The average molecular weight is 233 g/mol. The van der Waals surface area contributed by atoms with Gasteiger partial charge in [0.15, 0.2) is 0 Å². The van der Waals surface area contributed by atoms with Gasteiger partial charge in [-0.25, -0.2) is 0 Å². The van der Waals surface area contributed by atoms with Crippen molar-refractivity contribution in [1.82, 2.24) is 0 Å². The summed E-state index contributed by atoms with van der Waals surface area (Å²) in [4.78, 5) is 3.50. The fraction of sp³-hybridized carbons (Fsp3) is 0.583. The van der Waals surface area contributed by atoms with Crippen LogP contribution in [0, 0.1) is 5.92 Å². The zero-order chi connectivity index (χ0) is 12.8. The molecule has 1 unspecified atom stereocenters. The van der Waals surface area contributed by atoms with Gasteiger partial charge in [0, 0.05) is 12.1 Å². The lowest BCUT2D eigenvalue weighted by Gasteiger charge is -2.14. The molecule has 0 aromatic rings. The maximum Gasteiger partial charge on any atom is 0.429 e. The lowest BCUT2D eigenvalue weighted by Crippen LogP contribution is -2.28. The highest BCUT2D eigenvalue weighted by atomic mass is 19.4. The predicted octanol–water partition coefficient (Wildman–Crippen LogP) is 4.52. The SMILES string of the molecule is C=C(/C=C\N=C(C(C)CC)C(F)(F)F)CC. The largest absolute Gasteiger partial charge is 0.429 e. The molecule has 0 aliphatic rings. The standard InChI is InChI=1S/C12H18F3N/c1-5-9(3)7-8-16-11(10(4)6-2)12(13,14)15/h7-8,10H,3,5-6H2,1-2,4H3/b8-7-,16-11?. The average Bonchev–Trinajstić information content (AvgIpc) is 2.21. The molecule has 0 aromatic carbocycles. The number of rotatable bonds is 5. The third-order valence-electron chi connectivity index (χ3n) is 2.35. The number of allylic oxidation sites excluding steroid dienone is 2. The number of hydrogen-bond acceptors (Lipinski definition) is 1. The molecule has 0 heterocycles. The number of hydrogen-bond donors (Lipinski definition) is 0. The first-order chi connectivity index (χ1) is 7.32. The minimum Gasteiger partial charge on any atom is -0.256 e. The fourth-order valence-corrected chi connectivity index (χ4v) is 1.01. The van der Waals surface area contributed by atoms with Gasteiger partial charge in [-0.3, -0.25) is 4.99 Å². The van der Waals surface area contributed by atoms with E-state index in [4.69, 9.17) is 0 Å². The fourth-order valence-electron chi connectivity index (χ4n) is 1.01. The van der Waals surface area contributed by atoms with Gasteiger partial charge in [-0.05, 0) is 18.9 Å². The molecular formula is C12H18F3N. The summed E-state index contributed by atoms with van der Waals surface area (Å²) < 4.78 is 37.7. The van der Waals surface area contributed by atoms with Crippen molar-refractivity contribution < 1.29 is 13.2 Å². The zero-order valence-electron chi connectivity index (χ0n) is 9.93. The van der Waals surface area contributed by atoms with Crippen molar-refractivity contribution >= 4 is 5.71 Å². The van der Waals surface area contributed by atoms with Gasteiger partial charge in [-0.1, -0.05) is 32.9 Å². The predicted molar refractivity (Wildman–Crippen MR) is 61.5 cm³/mol. The Bertz CT molecular complexity index is 287. The maximum atomic E-state index is 12.6. The molecule has 0 radical (unpaired) electrons. The molecule has 0 spiro atoms. The van der Waals surface area contributed by atoms with Crippen molar-refractivity contribution in [3.63, 3.8) is 0 Å². The van der Waals surface area contributed by atoms with Crippen LogP contribution in [0.5, 0.6) is 0 Å². The summed E-state index contributed by atoms with van der Waals surface area (Å²) in [5.41, 5.74) is 0.0320. The second-order valence-electron chi connectivity index (χ2n) is 3.65. The van der Waals surface area contributed by atoms with E-state index in [1.165, 1.54) is 19.2 Å². The number of aliphatic imine (C=N–C) groups is 1. The summed E-state index contributed by atoms with van der Waals surface area (Å²) in [6.07, 6.45) is -0.542. The van der Waals surface area contributed by atoms with Gasteiger partial charge in [0.1, 0.15) is 5.71 Å². The van der Waals surface area contributed by atoms with Crippen molar-refractivity contribution in [1.29, 1.82) is 0 Å². The molecule has 92 valence electrons. The van der Waals surface area contributed by atoms with Gasteiger partial charge in [-0.2, -0.15) is 13.2 Å². The van der Waals surface area contributed by atoms with Crippen molar-refractivity contribution in [3.05, 3.63) is 24.4 Å². The zero-order valence-corrected chi connectivity index (χ0v) is 9.93. The first-order valence-electron chi connectivity index (χ1n) is 5.32. The summed E-state index contributed by atoms with van der Waals surface area (Å²) in [7, 11) is 0. The third kappa shape index (κ3) is 5.14. The van der Waals surface area contributed by atoms with E-state index in [1.807, 2.05) is 6.92 Å². The van der Waals surface area contributed by atoms with Crippen LogP contribution in [0.2, 0.25) is 0 Å². The van der Waals surface area contributed by atoms with Gasteiger partial charge in [0.05, 0.1) is 0 Å². The van der Waals surface area contributed by atoms with Crippen LogP contribution in [0.15, 0.2) is 29.4 Å². The molecule has 0 bridgehead atoms. The highest BCUT2D eigenvalue weighted by molar-refractivity contribution is 5.92. The van der Waals surface area contributed by atoms with E-state index >= 15 is 0 Å². The van der Waals surface area contributed by atoms with E-state index in [0.29, 0.717) is 12.8 Å². The van der Waals surface area contributed by atoms with E-state index in [0.717, 1.165) is 5.57 Å². The molecule has 0 saturated heterocycles. The molecular weight excluding hydrogens is 215 g/mol. The Morgan fingerprint density at radius 3 is 2.31 bits per heavy atom. The maximum absolute atomic E-state index is 12.6. The molecule has 0 N–H and O–H groups in total. The van der Waals surface area contributed by atoms with Gasteiger partial charge in [0.25, 0.3) is 0 Å². The lowest BCUT2D eigenvalue weighted by atomic mass is 10.0. The number of alkyl halides is 3. The van der Waals surface area contributed by atoms with Crippen LogP contribution >= 0.6 is 0 Å². The van der Waals surface area contributed by atoms with Crippen molar-refractivity contribution in [2.24, 2.45) is 10.9 Å². The second kappa shape index (κ2) is 6.51. The van der Waals surface area contributed by atoms with Crippen LogP contribution in [0.4, 0.5) is 13.2 Å². The Morgan fingerprint density at radius 2 is 1.94 bits per heavy atom. The topological polar surface area (TPSA) is 12.4 Å². The monoisotopic (exact) mass is 233 g/mol. The Labute approximate surface area is 94.8 Å². The minimum absolute atomic E-state index is 0.418. The van der Waals surface area contributed by atoms with E-state index in [9.17, 15) is 13.2 Å². The second-order valence-corrected chi connectivity index (χ2v) is 3.65. The molecule has 0 aliphatic carbocycles. The normalized spacial score (nSPS) is 15.5. The van der Waals surface area contributed by atoms with E-state index in [-0.39, 0.29) is 0 Å². The molecule has 0 amide bonds. The van der Waals surface area contributed by atoms with Crippen molar-refractivity contribution in [2.75, 3.05) is 0 Å². The summed E-state index contributed by atoms with van der Waals surface area (Å²) in [5, 5.41) is 0. The van der Waals surface area contributed by atoms with Crippen molar-refractivity contribution in [2.45, 2.75) is 39.8 Å². The van der Waals surface area contributed by atoms with E-state index in [1.54, 1.807) is 6.92 Å². The Hall–Kier alpha value is -1.06. The summed E-state index contributed by atoms with van der Waals surface area (Å²) >= 11 is 0. The van der Waals surface area contributed by atoms with Crippen LogP contribution in [0.1, 0.15) is 33.6 Å². The van der Waals surface area contributed by atoms with Crippen molar-refractivity contribution in [3.8, 4) is 0 Å². The minimum atomic E-state index is -4.35. The molecule has 1 nitrogen and oxygen atoms in total. The van der Waals surface area contributed by atoms with E-state index in [2.05, 4.69) is 11.6 Å². The molecule has 0 saturated carbocycles. The van der Waals surface area contributed by atoms with Crippen LogP contribution in [-0.4, -0.2) is 11.9 Å². The number of halogens is 3. The van der Waals surface area contributed by atoms with Gasteiger partial charge < -0.3 is 0 Å². The highest BCUT2D eigenvalue weighted by Gasteiger charge is 2.37. The molecule has 16 heavy (non-hydrogen) atoms. The molecule has 1 atom stereocenters. The van der Waals surface area contributed by atoms with Crippen LogP contribution in [0.3, 0.4) is 0 Å². The van der Waals surface area contributed by atoms with E-state index < -0.39 is 17.8 Å². The summed E-state index contributed by atoms with van der Waals surface area (Å²) in [5.74, 6) is -0.584. The van der Waals surface area contributed by atoms with Crippen LogP contribution in [-0.2, 0) is 0 Å². The molecule has 0 aliphatic heterocycles. The first-order valence-corrected chi connectivity index (χ1v) is 5.32. The van der Waals surface area contributed by atoms with Crippen LogP contribution < -0.4 is 0 Å². The molecule has 0 aromatic heterocycles. The van der Waals surface area contributed by atoms with Gasteiger partial charge >= 0.3 is 6.18 Å². The van der Waals surface area contributed by atoms with Gasteiger partial charge in [0.2, 0.25) is 0 Å². The molecule has 0 rings (SSSR count). The highest BCUT2D eigenvalue weighted by Crippen LogP contribution is 2.24. The lowest BCUT2D eigenvalue weighted by molar-refractivity contribution is -0.0626. The molecule has 4 heteroatoms. The Balaban J connectivity index is 4.85. The summed E-state index contributed by atoms with van der Waals surface area (Å²) in [6, 6.07) is 0. The smallest absolute Gasteiger partial charge is 0.256 e. The first kappa shape index (κ1) is 14.9. The Kier molecular flexibility index (Phi) is 6.08. The summed E-state index contributed by atoms with van der Waals surface area (Å²) in [6.45, 7) is 8.78.